The fraction of sp³-hybridized carbons (Fsp3) is 0.267. The minimum absolute atomic E-state index is 0.131. The number of rotatable bonds is 5. The number of nitrogens with one attached hydrogen (secondary N) is 1. The summed E-state index contributed by atoms with van der Waals surface area (Å²) in [4.78, 5) is 11.9. The topological polar surface area (TPSA) is 51.5 Å². The summed E-state index contributed by atoms with van der Waals surface area (Å²) in [5.74, 6) is 0.837. The summed E-state index contributed by atoms with van der Waals surface area (Å²) in [6.07, 6.45) is 1.33. The first-order valence-electron chi connectivity index (χ1n) is 6.31. The monoisotopic (exact) mass is 337 g/mol. The zero-order chi connectivity index (χ0) is 14.5. The van der Waals surface area contributed by atoms with Crippen molar-refractivity contribution < 1.29 is 13.9 Å². The number of halogens is 1. The standard InChI is InChI=1S/C15H16BrNO3/c1-10-5-3-4-6-13(10)20-11(2)9-17-15(18)14-12(16)7-8-19-14/h3-8,11H,9H2,1-2H3,(H,17,18). The maximum atomic E-state index is 11.9. The third kappa shape index (κ3) is 3.63. The van der Waals surface area contributed by atoms with Crippen LogP contribution in [-0.4, -0.2) is 18.6 Å². The van der Waals surface area contributed by atoms with Gasteiger partial charge in [0.1, 0.15) is 11.9 Å². The Labute approximate surface area is 126 Å². The lowest BCUT2D eigenvalue weighted by Crippen LogP contribution is -2.33. The van der Waals surface area contributed by atoms with Gasteiger partial charge in [0.05, 0.1) is 17.3 Å². The van der Waals surface area contributed by atoms with Crippen LogP contribution in [0.3, 0.4) is 0 Å². The van der Waals surface area contributed by atoms with Crippen LogP contribution in [0.2, 0.25) is 0 Å². The van der Waals surface area contributed by atoms with Crippen molar-refractivity contribution in [2.75, 3.05) is 6.54 Å². The molecule has 106 valence electrons. The van der Waals surface area contributed by atoms with Crippen LogP contribution in [0.4, 0.5) is 0 Å². The van der Waals surface area contributed by atoms with Gasteiger partial charge in [-0.2, -0.15) is 0 Å². The van der Waals surface area contributed by atoms with E-state index < -0.39 is 0 Å². The molecule has 0 aliphatic carbocycles. The van der Waals surface area contributed by atoms with Crippen molar-refractivity contribution in [2.45, 2.75) is 20.0 Å². The Bertz CT molecular complexity index is 594. The molecule has 1 amide bonds. The minimum Gasteiger partial charge on any atom is -0.489 e. The Balaban J connectivity index is 1.87. The minimum atomic E-state index is -0.262. The molecule has 1 aromatic heterocycles. The van der Waals surface area contributed by atoms with Crippen LogP contribution in [0, 0.1) is 6.92 Å². The largest absolute Gasteiger partial charge is 0.489 e. The van der Waals surface area contributed by atoms with E-state index in [1.807, 2.05) is 38.1 Å². The normalized spacial score (nSPS) is 11.9. The molecule has 4 nitrogen and oxygen atoms in total. The predicted octanol–water partition coefficient (Wildman–Crippen LogP) is 3.55. The van der Waals surface area contributed by atoms with Crippen LogP contribution >= 0.6 is 15.9 Å². The number of carbonyl (C=O) groups excluding carboxylic acids is 1. The maximum absolute atomic E-state index is 11.9. The Morgan fingerprint density at radius 3 is 2.80 bits per heavy atom. The van der Waals surface area contributed by atoms with Crippen molar-refractivity contribution >= 4 is 21.8 Å². The number of ether oxygens (including phenoxy) is 1. The molecule has 0 saturated carbocycles. The molecule has 0 aliphatic heterocycles. The van der Waals surface area contributed by atoms with E-state index in [4.69, 9.17) is 9.15 Å². The first-order chi connectivity index (χ1) is 9.58. The molecule has 5 heteroatoms. The van der Waals surface area contributed by atoms with Crippen molar-refractivity contribution in [2.24, 2.45) is 0 Å². The Hall–Kier alpha value is -1.75. The van der Waals surface area contributed by atoms with Gasteiger partial charge in [-0.15, -0.1) is 0 Å². The molecular formula is C15H16BrNO3. The zero-order valence-corrected chi connectivity index (χ0v) is 12.9. The summed E-state index contributed by atoms with van der Waals surface area (Å²) in [7, 11) is 0. The molecule has 0 spiro atoms. The highest BCUT2D eigenvalue weighted by molar-refractivity contribution is 9.10. The summed E-state index contributed by atoms with van der Waals surface area (Å²) >= 11 is 3.25. The molecule has 1 unspecified atom stereocenters. The third-order valence-corrected chi connectivity index (χ3v) is 3.42. The van der Waals surface area contributed by atoms with Crippen molar-refractivity contribution in [3.05, 3.63) is 52.4 Å². The van der Waals surface area contributed by atoms with E-state index in [2.05, 4.69) is 21.2 Å². The van der Waals surface area contributed by atoms with Gasteiger partial charge < -0.3 is 14.5 Å². The number of hydrogen-bond acceptors (Lipinski definition) is 3. The second-order valence-electron chi connectivity index (χ2n) is 4.50. The number of para-hydroxylation sites is 1. The van der Waals surface area contributed by atoms with E-state index in [1.165, 1.54) is 6.26 Å². The van der Waals surface area contributed by atoms with Gasteiger partial charge in [-0.3, -0.25) is 4.79 Å². The molecule has 2 aromatic rings. The Morgan fingerprint density at radius 1 is 1.40 bits per heavy atom. The highest BCUT2D eigenvalue weighted by Crippen LogP contribution is 2.18. The molecule has 1 N–H and O–H groups in total. The average Bonchev–Trinajstić information content (AvgIpc) is 2.85. The van der Waals surface area contributed by atoms with Gasteiger partial charge in [-0.25, -0.2) is 0 Å². The quantitative estimate of drug-likeness (QED) is 0.907. The first-order valence-corrected chi connectivity index (χ1v) is 7.10. The summed E-state index contributed by atoms with van der Waals surface area (Å²) in [6, 6.07) is 9.47. The molecule has 1 aromatic carbocycles. The van der Waals surface area contributed by atoms with Crippen molar-refractivity contribution in [1.82, 2.24) is 5.32 Å². The van der Waals surface area contributed by atoms with Gasteiger partial charge in [-0.1, -0.05) is 18.2 Å². The molecule has 0 fully saturated rings. The fourth-order valence-corrected chi connectivity index (χ4v) is 2.10. The van der Waals surface area contributed by atoms with Crippen molar-refractivity contribution in [3.8, 4) is 5.75 Å². The summed E-state index contributed by atoms with van der Waals surface area (Å²) in [6.45, 7) is 4.30. The fourth-order valence-electron chi connectivity index (χ4n) is 1.72. The number of hydrogen-bond donors (Lipinski definition) is 1. The molecule has 20 heavy (non-hydrogen) atoms. The van der Waals surface area contributed by atoms with E-state index in [1.54, 1.807) is 6.07 Å². The molecule has 0 radical (unpaired) electrons. The highest BCUT2D eigenvalue weighted by atomic mass is 79.9. The SMILES string of the molecule is Cc1ccccc1OC(C)CNC(=O)c1occc1Br. The van der Waals surface area contributed by atoms with E-state index in [-0.39, 0.29) is 17.8 Å². The Kier molecular flexibility index (Phi) is 4.84. The number of aryl methyl sites for hydroxylation is 1. The van der Waals surface area contributed by atoms with Crippen LogP contribution in [0.1, 0.15) is 23.0 Å². The molecular weight excluding hydrogens is 322 g/mol. The maximum Gasteiger partial charge on any atom is 0.288 e. The van der Waals surface area contributed by atoms with Gasteiger partial charge in [0, 0.05) is 0 Å². The Morgan fingerprint density at radius 2 is 2.15 bits per heavy atom. The smallest absolute Gasteiger partial charge is 0.288 e. The van der Waals surface area contributed by atoms with Gasteiger partial charge in [0.2, 0.25) is 5.76 Å². The van der Waals surface area contributed by atoms with Crippen LogP contribution in [0.25, 0.3) is 0 Å². The second kappa shape index (κ2) is 6.61. The molecule has 0 bridgehead atoms. The van der Waals surface area contributed by atoms with Crippen molar-refractivity contribution in [3.63, 3.8) is 0 Å². The van der Waals surface area contributed by atoms with Gasteiger partial charge in [0.15, 0.2) is 0 Å². The predicted molar refractivity (Wildman–Crippen MR) is 80.0 cm³/mol. The summed E-state index contributed by atoms with van der Waals surface area (Å²) < 4.78 is 11.5. The lowest BCUT2D eigenvalue weighted by atomic mass is 10.2. The van der Waals surface area contributed by atoms with Gasteiger partial charge in [-0.05, 0) is 47.5 Å². The number of amides is 1. The van der Waals surface area contributed by atoms with Gasteiger partial charge in [0.25, 0.3) is 5.91 Å². The van der Waals surface area contributed by atoms with Gasteiger partial charge >= 0.3 is 0 Å². The highest BCUT2D eigenvalue weighted by Gasteiger charge is 2.15. The summed E-state index contributed by atoms with van der Waals surface area (Å²) in [5.41, 5.74) is 1.07. The zero-order valence-electron chi connectivity index (χ0n) is 11.4. The van der Waals surface area contributed by atoms with Crippen LogP contribution in [-0.2, 0) is 0 Å². The first kappa shape index (κ1) is 14.7. The molecule has 1 atom stereocenters. The number of furan rings is 1. The average molecular weight is 338 g/mol. The molecule has 2 rings (SSSR count). The van der Waals surface area contributed by atoms with Crippen LogP contribution in [0.15, 0.2) is 45.5 Å². The van der Waals surface area contributed by atoms with E-state index in [9.17, 15) is 4.79 Å². The molecule has 1 heterocycles. The van der Waals surface area contributed by atoms with E-state index >= 15 is 0 Å². The van der Waals surface area contributed by atoms with Crippen molar-refractivity contribution in [1.29, 1.82) is 0 Å². The number of benzene rings is 1. The molecule has 0 aliphatic rings. The lowest BCUT2D eigenvalue weighted by Gasteiger charge is -2.16. The van der Waals surface area contributed by atoms with Crippen LogP contribution < -0.4 is 10.1 Å². The number of carbonyl (C=O) groups is 1. The van der Waals surface area contributed by atoms with Crippen LogP contribution in [0.5, 0.6) is 5.75 Å². The van der Waals surface area contributed by atoms with E-state index in [0.29, 0.717) is 11.0 Å². The van der Waals surface area contributed by atoms with E-state index in [0.717, 1.165) is 11.3 Å². The summed E-state index contributed by atoms with van der Waals surface area (Å²) in [5, 5.41) is 2.78. The second-order valence-corrected chi connectivity index (χ2v) is 5.36. The molecule has 0 saturated heterocycles. The third-order valence-electron chi connectivity index (χ3n) is 2.80. The lowest BCUT2D eigenvalue weighted by molar-refractivity contribution is 0.0903.